The summed E-state index contributed by atoms with van der Waals surface area (Å²) in [5, 5.41) is 3.87. The van der Waals surface area contributed by atoms with Gasteiger partial charge >= 0.3 is 0 Å². The van der Waals surface area contributed by atoms with Gasteiger partial charge in [-0.2, -0.15) is 0 Å². The third kappa shape index (κ3) is 4.28. The second-order valence-corrected chi connectivity index (χ2v) is 6.97. The minimum atomic E-state index is 0.804. The largest absolute Gasteiger partial charge is 0.314 e. The van der Waals surface area contributed by atoms with E-state index in [1.165, 1.54) is 51.5 Å². The third-order valence-corrected chi connectivity index (χ3v) is 4.91. The molecule has 0 spiro atoms. The molecule has 0 bridgehead atoms. The average Bonchev–Trinajstić information content (AvgIpc) is 3.08. The Morgan fingerprint density at radius 2 is 1.88 bits per heavy atom. The summed E-state index contributed by atoms with van der Waals surface area (Å²) in [6, 6.07) is 0.804. The molecule has 3 unspecified atom stereocenters. The molecule has 0 aromatic heterocycles. The van der Waals surface area contributed by atoms with Crippen LogP contribution >= 0.6 is 0 Å². The van der Waals surface area contributed by atoms with E-state index in [0.717, 1.165) is 29.7 Å². The van der Waals surface area contributed by atoms with Gasteiger partial charge in [-0.25, -0.2) is 0 Å². The lowest BCUT2D eigenvalue weighted by molar-refractivity contribution is 0.170. The molecule has 1 heteroatoms. The normalized spacial score (nSPS) is 34.2. The summed E-state index contributed by atoms with van der Waals surface area (Å²) in [5.41, 5.74) is 0. The van der Waals surface area contributed by atoms with Gasteiger partial charge in [-0.15, -0.1) is 0 Å². The molecule has 0 heterocycles. The second kappa shape index (κ2) is 6.22. The highest BCUT2D eigenvalue weighted by Crippen LogP contribution is 2.34. The van der Waals surface area contributed by atoms with Crippen molar-refractivity contribution in [1.29, 1.82) is 0 Å². The molecule has 1 nitrogen and oxygen atoms in total. The maximum absolute atomic E-state index is 3.87. The topological polar surface area (TPSA) is 12.0 Å². The van der Waals surface area contributed by atoms with Crippen molar-refractivity contribution in [3.05, 3.63) is 0 Å². The highest BCUT2D eigenvalue weighted by molar-refractivity contribution is 4.85. The van der Waals surface area contributed by atoms with Crippen LogP contribution in [0, 0.1) is 23.7 Å². The zero-order valence-corrected chi connectivity index (χ0v) is 12.0. The zero-order valence-electron chi connectivity index (χ0n) is 12.0. The van der Waals surface area contributed by atoms with E-state index < -0.39 is 0 Å². The van der Waals surface area contributed by atoms with Gasteiger partial charge in [-0.05, 0) is 55.9 Å². The van der Waals surface area contributed by atoms with E-state index in [2.05, 4.69) is 26.1 Å². The van der Waals surface area contributed by atoms with Crippen LogP contribution in [0.25, 0.3) is 0 Å². The molecule has 2 saturated carbocycles. The van der Waals surface area contributed by atoms with Gasteiger partial charge < -0.3 is 5.32 Å². The van der Waals surface area contributed by atoms with Crippen LogP contribution in [0.5, 0.6) is 0 Å². The molecule has 3 atom stereocenters. The number of rotatable bonds is 6. The monoisotopic (exact) mass is 237 g/mol. The highest BCUT2D eigenvalue weighted by atomic mass is 14.9. The molecule has 2 aliphatic rings. The Morgan fingerprint density at radius 3 is 2.53 bits per heavy atom. The van der Waals surface area contributed by atoms with Crippen LogP contribution < -0.4 is 5.32 Å². The van der Waals surface area contributed by atoms with E-state index in [1.807, 2.05) is 0 Å². The average molecular weight is 237 g/mol. The molecule has 2 aliphatic carbocycles. The molecule has 100 valence electrons. The Labute approximate surface area is 108 Å². The van der Waals surface area contributed by atoms with Crippen molar-refractivity contribution in [3.8, 4) is 0 Å². The maximum atomic E-state index is 3.87. The quantitative estimate of drug-likeness (QED) is 0.682. The molecule has 1 N–H and O–H groups in total. The highest BCUT2D eigenvalue weighted by Gasteiger charge is 2.30. The van der Waals surface area contributed by atoms with Crippen LogP contribution in [0.15, 0.2) is 0 Å². The van der Waals surface area contributed by atoms with Crippen LogP contribution in [0.2, 0.25) is 0 Å². The van der Waals surface area contributed by atoms with Crippen LogP contribution in [0.1, 0.15) is 65.7 Å². The molecule has 0 aliphatic heterocycles. The number of hydrogen-bond acceptors (Lipinski definition) is 1. The van der Waals surface area contributed by atoms with Crippen molar-refractivity contribution >= 4 is 0 Å². The first-order valence-corrected chi connectivity index (χ1v) is 7.90. The summed E-state index contributed by atoms with van der Waals surface area (Å²) in [6.07, 6.45) is 10.2. The van der Waals surface area contributed by atoms with Gasteiger partial charge in [-0.3, -0.25) is 0 Å². The minimum absolute atomic E-state index is 0.804. The van der Waals surface area contributed by atoms with Gasteiger partial charge in [0, 0.05) is 6.04 Å². The Bertz CT molecular complexity index is 220. The fourth-order valence-electron chi connectivity index (χ4n) is 3.52. The van der Waals surface area contributed by atoms with Gasteiger partial charge in [0.2, 0.25) is 0 Å². The van der Waals surface area contributed by atoms with Crippen molar-refractivity contribution in [2.24, 2.45) is 23.7 Å². The molecule has 0 aromatic rings. The SMILES string of the molecule is CC1CCC(C(C)C)C(NCCCC2CC2)C1. The standard InChI is InChI=1S/C16H31N/c1-12(2)15-9-6-13(3)11-16(15)17-10-4-5-14-7-8-14/h12-17H,4-11H2,1-3H3. The van der Waals surface area contributed by atoms with Crippen molar-refractivity contribution < 1.29 is 0 Å². The molecule has 0 radical (unpaired) electrons. The van der Waals surface area contributed by atoms with E-state index in [-0.39, 0.29) is 0 Å². The summed E-state index contributed by atoms with van der Waals surface area (Å²) in [7, 11) is 0. The Balaban J connectivity index is 1.69. The van der Waals surface area contributed by atoms with E-state index >= 15 is 0 Å². The predicted octanol–water partition coefficient (Wildman–Crippen LogP) is 4.23. The zero-order chi connectivity index (χ0) is 12.3. The minimum Gasteiger partial charge on any atom is -0.314 e. The van der Waals surface area contributed by atoms with Crippen molar-refractivity contribution in [1.82, 2.24) is 5.32 Å². The Hall–Kier alpha value is -0.0400. The van der Waals surface area contributed by atoms with Crippen molar-refractivity contribution in [2.75, 3.05) is 6.54 Å². The lowest BCUT2D eigenvalue weighted by Gasteiger charge is -2.38. The molecule has 2 fully saturated rings. The fourth-order valence-corrected chi connectivity index (χ4v) is 3.52. The molecule has 17 heavy (non-hydrogen) atoms. The Morgan fingerprint density at radius 1 is 1.12 bits per heavy atom. The summed E-state index contributed by atoms with van der Waals surface area (Å²) >= 11 is 0. The van der Waals surface area contributed by atoms with Crippen LogP contribution in [-0.4, -0.2) is 12.6 Å². The summed E-state index contributed by atoms with van der Waals surface area (Å²) in [4.78, 5) is 0. The van der Waals surface area contributed by atoms with E-state index in [1.54, 1.807) is 0 Å². The molecular weight excluding hydrogens is 206 g/mol. The van der Waals surface area contributed by atoms with E-state index in [9.17, 15) is 0 Å². The summed E-state index contributed by atoms with van der Waals surface area (Å²) < 4.78 is 0. The van der Waals surface area contributed by atoms with Gasteiger partial charge in [0.15, 0.2) is 0 Å². The number of nitrogens with one attached hydrogen (secondary N) is 1. The van der Waals surface area contributed by atoms with Gasteiger partial charge in [0.05, 0.1) is 0 Å². The molecular formula is C16H31N. The maximum Gasteiger partial charge on any atom is 0.0100 e. The summed E-state index contributed by atoms with van der Waals surface area (Å²) in [6.45, 7) is 8.49. The first-order chi connectivity index (χ1) is 8.16. The third-order valence-electron chi connectivity index (χ3n) is 4.91. The Kier molecular flexibility index (Phi) is 4.90. The second-order valence-electron chi connectivity index (χ2n) is 6.97. The molecule has 2 rings (SSSR count). The predicted molar refractivity (Wildman–Crippen MR) is 75.1 cm³/mol. The van der Waals surface area contributed by atoms with E-state index in [0.29, 0.717) is 0 Å². The van der Waals surface area contributed by atoms with E-state index in [4.69, 9.17) is 0 Å². The van der Waals surface area contributed by atoms with Gasteiger partial charge in [0.25, 0.3) is 0 Å². The summed E-state index contributed by atoms with van der Waals surface area (Å²) in [5.74, 6) is 3.81. The first-order valence-electron chi connectivity index (χ1n) is 7.90. The fraction of sp³-hybridized carbons (Fsp3) is 1.00. The van der Waals surface area contributed by atoms with Crippen molar-refractivity contribution in [3.63, 3.8) is 0 Å². The molecule has 0 aromatic carbocycles. The van der Waals surface area contributed by atoms with Crippen LogP contribution in [0.3, 0.4) is 0 Å². The van der Waals surface area contributed by atoms with Gasteiger partial charge in [-0.1, -0.05) is 40.0 Å². The van der Waals surface area contributed by atoms with Crippen molar-refractivity contribution in [2.45, 2.75) is 71.8 Å². The van der Waals surface area contributed by atoms with Crippen LogP contribution in [0.4, 0.5) is 0 Å². The smallest absolute Gasteiger partial charge is 0.0100 e. The van der Waals surface area contributed by atoms with Gasteiger partial charge in [0.1, 0.15) is 0 Å². The molecule has 0 saturated heterocycles. The first kappa shape index (κ1) is 13.4. The number of hydrogen-bond donors (Lipinski definition) is 1. The molecule has 0 amide bonds. The lowest BCUT2D eigenvalue weighted by Crippen LogP contribution is -2.43. The van der Waals surface area contributed by atoms with Crippen LogP contribution in [-0.2, 0) is 0 Å². The lowest BCUT2D eigenvalue weighted by atomic mass is 9.74.